The first-order valence-electron chi connectivity index (χ1n) is 12.6. The van der Waals surface area contributed by atoms with Gasteiger partial charge in [-0.15, -0.1) is 13.2 Å². The van der Waals surface area contributed by atoms with E-state index < -0.39 is 18.5 Å². The monoisotopic (exact) mass is 544 g/mol. The van der Waals surface area contributed by atoms with Gasteiger partial charge >= 0.3 is 12.5 Å². The number of hydrogen-bond donors (Lipinski definition) is 2. The predicted molar refractivity (Wildman–Crippen MR) is 138 cm³/mol. The predicted octanol–water partition coefficient (Wildman–Crippen LogP) is 5.44. The summed E-state index contributed by atoms with van der Waals surface area (Å²) in [5.41, 5.74) is 2.17. The lowest BCUT2D eigenvalue weighted by molar-refractivity contribution is -0.274. The van der Waals surface area contributed by atoms with Gasteiger partial charge in [0.25, 0.3) is 0 Å². The second kappa shape index (κ2) is 12.9. The molecule has 1 amide bonds. The standard InChI is InChI=1S/C29H31F3N2O5/c1-37-26-13-12-24(39-29(30,31)32)15-23(26)16-33-25-14-21(18-35)17-34(27(25)22-10-6-3-7-11-22)28(36)38-19-20-8-4-2-5-9-20/h2-13,15,21,25,27,33,35H,14,16-19H2,1H3. The topological polar surface area (TPSA) is 80.3 Å². The Labute approximate surface area is 225 Å². The van der Waals surface area contributed by atoms with Gasteiger partial charge in [-0.25, -0.2) is 4.79 Å². The largest absolute Gasteiger partial charge is 0.573 e. The number of carbonyl (C=O) groups excluding carboxylic acids is 1. The maximum atomic E-state index is 13.4. The number of likely N-dealkylation sites (tertiary alicyclic amines) is 1. The summed E-state index contributed by atoms with van der Waals surface area (Å²) in [6.07, 6.45) is -4.81. The zero-order valence-electron chi connectivity index (χ0n) is 21.4. The minimum Gasteiger partial charge on any atom is -0.496 e. The molecule has 0 aliphatic carbocycles. The van der Waals surface area contributed by atoms with Crippen molar-refractivity contribution in [1.82, 2.24) is 10.2 Å². The molecule has 1 aliphatic heterocycles. The third kappa shape index (κ3) is 7.64. The van der Waals surface area contributed by atoms with E-state index in [-0.39, 0.29) is 37.5 Å². The molecule has 3 aromatic carbocycles. The molecule has 2 N–H and O–H groups in total. The van der Waals surface area contributed by atoms with Crippen molar-refractivity contribution in [2.45, 2.75) is 38.0 Å². The smallest absolute Gasteiger partial charge is 0.496 e. The quantitative estimate of drug-likeness (QED) is 0.373. The van der Waals surface area contributed by atoms with Gasteiger partial charge in [-0.05, 0) is 35.7 Å². The molecule has 1 aliphatic rings. The van der Waals surface area contributed by atoms with Crippen molar-refractivity contribution in [2.75, 3.05) is 20.3 Å². The van der Waals surface area contributed by atoms with Crippen LogP contribution in [0, 0.1) is 5.92 Å². The first-order chi connectivity index (χ1) is 18.8. The van der Waals surface area contributed by atoms with E-state index in [0.29, 0.717) is 24.3 Å². The van der Waals surface area contributed by atoms with Crippen LogP contribution in [0.3, 0.4) is 0 Å². The maximum absolute atomic E-state index is 13.4. The molecule has 3 unspecified atom stereocenters. The minimum atomic E-state index is -4.82. The summed E-state index contributed by atoms with van der Waals surface area (Å²) in [6.45, 7) is 0.389. The third-order valence-corrected chi connectivity index (χ3v) is 6.64. The summed E-state index contributed by atoms with van der Waals surface area (Å²) in [7, 11) is 1.43. The number of benzene rings is 3. The zero-order valence-corrected chi connectivity index (χ0v) is 21.4. The summed E-state index contributed by atoms with van der Waals surface area (Å²) in [4.78, 5) is 15.0. The number of carbonyl (C=O) groups is 1. The summed E-state index contributed by atoms with van der Waals surface area (Å²) in [5.74, 6) is -0.196. The SMILES string of the molecule is COc1ccc(OC(F)(F)F)cc1CNC1CC(CO)CN(C(=O)OCc2ccccc2)C1c1ccccc1. The molecule has 0 spiro atoms. The number of piperidine rings is 1. The number of halogens is 3. The fourth-order valence-corrected chi connectivity index (χ4v) is 4.88. The van der Waals surface area contributed by atoms with Crippen LogP contribution < -0.4 is 14.8 Å². The molecule has 7 nitrogen and oxygen atoms in total. The third-order valence-electron chi connectivity index (χ3n) is 6.64. The molecule has 0 bridgehead atoms. The Morgan fingerprint density at radius 2 is 1.74 bits per heavy atom. The highest BCUT2D eigenvalue weighted by molar-refractivity contribution is 5.69. The van der Waals surface area contributed by atoms with Gasteiger partial charge in [-0.2, -0.15) is 0 Å². The molecule has 10 heteroatoms. The van der Waals surface area contributed by atoms with Crippen LogP contribution in [0.2, 0.25) is 0 Å². The van der Waals surface area contributed by atoms with E-state index in [2.05, 4.69) is 10.1 Å². The fourth-order valence-electron chi connectivity index (χ4n) is 4.88. The summed E-state index contributed by atoms with van der Waals surface area (Å²) in [5, 5.41) is 13.4. The van der Waals surface area contributed by atoms with Gasteiger partial charge in [0.1, 0.15) is 18.1 Å². The lowest BCUT2D eigenvalue weighted by Gasteiger charge is -2.44. The van der Waals surface area contributed by atoms with Crippen molar-refractivity contribution in [3.63, 3.8) is 0 Å². The van der Waals surface area contributed by atoms with Crippen LogP contribution in [-0.4, -0.2) is 48.8 Å². The van der Waals surface area contributed by atoms with Crippen LogP contribution >= 0.6 is 0 Å². The Morgan fingerprint density at radius 3 is 2.38 bits per heavy atom. The van der Waals surface area contributed by atoms with E-state index in [1.807, 2.05) is 60.7 Å². The molecular formula is C29H31F3N2O5. The molecule has 1 saturated heterocycles. The van der Waals surface area contributed by atoms with Gasteiger partial charge in [0.15, 0.2) is 0 Å². The number of alkyl halides is 3. The van der Waals surface area contributed by atoms with E-state index in [9.17, 15) is 23.1 Å². The minimum absolute atomic E-state index is 0.1000. The Balaban J connectivity index is 1.58. The summed E-state index contributed by atoms with van der Waals surface area (Å²) < 4.78 is 53.5. The van der Waals surface area contributed by atoms with Gasteiger partial charge < -0.3 is 24.6 Å². The molecule has 3 atom stereocenters. The molecule has 1 heterocycles. The molecule has 39 heavy (non-hydrogen) atoms. The van der Waals surface area contributed by atoms with Crippen LogP contribution in [0.4, 0.5) is 18.0 Å². The van der Waals surface area contributed by atoms with E-state index in [4.69, 9.17) is 9.47 Å². The number of nitrogens with one attached hydrogen (secondary N) is 1. The van der Waals surface area contributed by atoms with E-state index in [1.165, 1.54) is 25.3 Å². The van der Waals surface area contributed by atoms with Crippen molar-refractivity contribution in [3.05, 3.63) is 95.6 Å². The molecule has 0 radical (unpaired) electrons. The number of ether oxygens (including phenoxy) is 3. The summed E-state index contributed by atoms with van der Waals surface area (Å²) in [6, 6.07) is 21.9. The average Bonchev–Trinajstić information content (AvgIpc) is 2.94. The fraction of sp³-hybridized carbons (Fsp3) is 0.345. The van der Waals surface area contributed by atoms with Crippen molar-refractivity contribution in [2.24, 2.45) is 5.92 Å². The molecule has 3 aromatic rings. The van der Waals surface area contributed by atoms with Crippen molar-refractivity contribution in [3.8, 4) is 11.5 Å². The second-order valence-electron chi connectivity index (χ2n) is 9.34. The van der Waals surface area contributed by atoms with Crippen LogP contribution in [0.15, 0.2) is 78.9 Å². The second-order valence-corrected chi connectivity index (χ2v) is 9.34. The van der Waals surface area contributed by atoms with Crippen molar-refractivity contribution in [1.29, 1.82) is 0 Å². The van der Waals surface area contributed by atoms with E-state index in [0.717, 1.165) is 11.1 Å². The summed E-state index contributed by atoms with van der Waals surface area (Å²) >= 11 is 0. The number of nitrogens with zero attached hydrogens (tertiary/aromatic N) is 1. The normalized spacial score (nSPS) is 19.4. The number of aliphatic hydroxyl groups is 1. The van der Waals surface area contributed by atoms with Gasteiger partial charge in [0.2, 0.25) is 0 Å². The first kappa shape index (κ1) is 28.3. The van der Waals surface area contributed by atoms with Crippen molar-refractivity contribution >= 4 is 6.09 Å². The average molecular weight is 545 g/mol. The van der Waals surface area contributed by atoms with Gasteiger partial charge in [0, 0.05) is 37.2 Å². The Hall–Kier alpha value is -3.76. The van der Waals surface area contributed by atoms with Crippen LogP contribution in [0.1, 0.15) is 29.2 Å². The number of hydrogen-bond acceptors (Lipinski definition) is 6. The van der Waals surface area contributed by atoms with Crippen LogP contribution in [-0.2, 0) is 17.9 Å². The van der Waals surface area contributed by atoms with Gasteiger partial charge in [0.05, 0.1) is 13.2 Å². The number of rotatable bonds is 9. The zero-order chi connectivity index (χ0) is 27.8. The number of methoxy groups -OCH3 is 1. The molecular weight excluding hydrogens is 513 g/mol. The van der Waals surface area contributed by atoms with Crippen LogP contribution in [0.5, 0.6) is 11.5 Å². The lowest BCUT2D eigenvalue weighted by atomic mass is 9.85. The highest BCUT2D eigenvalue weighted by Crippen LogP contribution is 2.35. The number of aliphatic hydroxyl groups excluding tert-OH is 1. The molecule has 0 aromatic heterocycles. The molecule has 0 saturated carbocycles. The molecule has 4 rings (SSSR count). The number of amides is 1. The Morgan fingerprint density at radius 1 is 1.05 bits per heavy atom. The van der Waals surface area contributed by atoms with Crippen molar-refractivity contribution < 1.29 is 37.3 Å². The van der Waals surface area contributed by atoms with Crippen LogP contribution in [0.25, 0.3) is 0 Å². The highest BCUT2D eigenvalue weighted by Gasteiger charge is 2.40. The highest BCUT2D eigenvalue weighted by atomic mass is 19.4. The first-order valence-corrected chi connectivity index (χ1v) is 12.6. The maximum Gasteiger partial charge on any atom is 0.573 e. The van der Waals surface area contributed by atoms with E-state index in [1.54, 1.807) is 4.90 Å². The van der Waals surface area contributed by atoms with E-state index >= 15 is 0 Å². The Bertz CT molecular complexity index is 1210. The lowest BCUT2D eigenvalue weighted by Crippen LogP contribution is -2.54. The van der Waals surface area contributed by atoms with Gasteiger partial charge in [-0.1, -0.05) is 60.7 Å². The van der Waals surface area contributed by atoms with Gasteiger partial charge in [-0.3, -0.25) is 4.90 Å². The molecule has 208 valence electrons. The molecule has 1 fully saturated rings. The Kier molecular flexibility index (Phi) is 9.32.